The van der Waals surface area contributed by atoms with Crippen molar-refractivity contribution in [3.05, 3.63) is 35.6 Å². The zero-order valence-electron chi connectivity index (χ0n) is 25.4. The van der Waals surface area contributed by atoms with E-state index in [2.05, 4.69) is 28.2 Å². The molecule has 0 bridgehead atoms. The first kappa shape index (κ1) is 31.4. The van der Waals surface area contributed by atoms with Crippen LogP contribution in [-0.4, -0.2) is 72.5 Å². The summed E-state index contributed by atoms with van der Waals surface area (Å²) in [7, 11) is 0. The fraction of sp³-hybridized carbons (Fsp3) is 0.719. The Hall–Kier alpha value is -2.52. The first-order chi connectivity index (χ1) is 19.5. The highest BCUT2D eigenvalue weighted by Crippen LogP contribution is 2.46. The summed E-state index contributed by atoms with van der Waals surface area (Å²) < 4.78 is 13.6. The van der Waals surface area contributed by atoms with Gasteiger partial charge in [-0.15, -0.1) is 0 Å². The van der Waals surface area contributed by atoms with Crippen LogP contribution in [0.5, 0.6) is 0 Å². The lowest BCUT2D eigenvalue weighted by Crippen LogP contribution is -2.62. The summed E-state index contributed by atoms with van der Waals surface area (Å²) in [5.74, 6) is -0.270. The lowest BCUT2D eigenvalue weighted by Gasteiger charge is -2.48. The van der Waals surface area contributed by atoms with E-state index in [1.807, 2.05) is 25.7 Å². The quantitative estimate of drug-likeness (QED) is 0.384. The van der Waals surface area contributed by atoms with Crippen molar-refractivity contribution < 1.29 is 18.8 Å². The molecule has 228 valence electrons. The standard InChI is InChI=1S/C32H50FN5O3/c1-5-25-20-35-27(21-34-25)28(39)36-26(19-22-11-13-24(33)14-12-22)29(40)38-17-15-32(16-18-38,23-9-7-6-8-10-23)30(41)37-31(2,3)4/h11-14,23,25-27,34-35H,5-10,15-21H2,1-4H3,(H,36,39)(H,37,41)/t25-,26+,27-/m0/s1. The summed E-state index contributed by atoms with van der Waals surface area (Å²) in [6.07, 6.45) is 8.10. The number of amides is 3. The van der Waals surface area contributed by atoms with Gasteiger partial charge in [0.15, 0.2) is 0 Å². The zero-order chi connectivity index (χ0) is 29.6. The van der Waals surface area contributed by atoms with Crippen LogP contribution in [0, 0.1) is 17.2 Å². The Bertz CT molecular complexity index is 1030. The van der Waals surface area contributed by atoms with Crippen LogP contribution in [0.1, 0.15) is 84.6 Å². The second-order valence-corrected chi connectivity index (χ2v) is 13.4. The maximum Gasteiger partial charge on any atom is 0.245 e. The lowest BCUT2D eigenvalue weighted by molar-refractivity contribution is -0.147. The SMILES string of the molecule is CC[C@H]1CN[C@H](C(=O)N[C@H](Cc2ccc(F)cc2)C(=O)N2CCC(C(=O)NC(C)(C)C)(C3CCCCC3)CC2)CN1. The van der Waals surface area contributed by atoms with Gasteiger partial charge in [0.25, 0.3) is 0 Å². The molecule has 1 aromatic rings. The topological polar surface area (TPSA) is 103 Å². The number of carbonyl (C=O) groups excluding carboxylic acids is 3. The molecule has 4 N–H and O–H groups in total. The molecule has 1 aromatic carbocycles. The number of halogens is 1. The predicted octanol–water partition coefficient (Wildman–Crippen LogP) is 3.30. The number of benzene rings is 1. The second kappa shape index (κ2) is 13.6. The van der Waals surface area contributed by atoms with Crippen molar-refractivity contribution in [1.29, 1.82) is 0 Å². The number of hydrogen-bond donors (Lipinski definition) is 4. The van der Waals surface area contributed by atoms with Gasteiger partial charge in [-0.3, -0.25) is 14.4 Å². The minimum atomic E-state index is -0.774. The summed E-state index contributed by atoms with van der Waals surface area (Å²) in [4.78, 5) is 42.8. The van der Waals surface area contributed by atoms with Gasteiger partial charge < -0.3 is 26.2 Å². The van der Waals surface area contributed by atoms with Crippen molar-refractivity contribution in [3.63, 3.8) is 0 Å². The maximum atomic E-state index is 14.0. The highest BCUT2D eigenvalue weighted by atomic mass is 19.1. The number of piperidine rings is 1. The molecule has 3 amide bonds. The Balaban J connectivity index is 1.48. The van der Waals surface area contributed by atoms with E-state index in [9.17, 15) is 18.8 Å². The van der Waals surface area contributed by atoms with Crippen LogP contribution < -0.4 is 21.3 Å². The highest BCUT2D eigenvalue weighted by molar-refractivity contribution is 5.90. The highest BCUT2D eigenvalue weighted by Gasteiger charge is 2.49. The van der Waals surface area contributed by atoms with Crippen LogP contribution in [0.15, 0.2) is 24.3 Å². The fourth-order valence-electron chi connectivity index (χ4n) is 6.80. The van der Waals surface area contributed by atoms with Crippen molar-refractivity contribution in [3.8, 4) is 0 Å². The zero-order valence-corrected chi connectivity index (χ0v) is 25.4. The molecular formula is C32H50FN5O3. The minimum Gasteiger partial charge on any atom is -0.351 e. The Morgan fingerprint density at radius 3 is 2.24 bits per heavy atom. The van der Waals surface area contributed by atoms with Crippen molar-refractivity contribution in [2.75, 3.05) is 26.2 Å². The summed E-state index contributed by atoms with van der Waals surface area (Å²) in [5.41, 5.74) is -0.0211. The largest absolute Gasteiger partial charge is 0.351 e. The first-order valence-corrected chi connectivity index (χ1v) is 15.6. The Morgan fingerprint density at radius 1 is 1.02 bits per heavy atom. The number of nitrogens with zero attached hydrogens (tertiary/aromatic N) is 1. The minimum absolute atomic E-state index is 0.112. The summed E-state index contributed by atoms with van der Waals surface area (Å²) in [6.45, 7) is 10.3. The number of hydrogen-bond acceptors (Lipinski definition) is 5. The normalized spacial score (nSPS) is 24.4. The van der Waals surface area contributed by atoms with Crippen LogP contribution in [0.3, 0.4) is 0 Å². The molecule has 0 spiro atoms. The molecule has 2 heterocycles. The molecule has 4 rings (SSSR count). The number of carbonyl (C=O) groups is 3. The van der Waals surface area contributed by atoms with E-state index in [-0.39, 0.29) is 35.5 Å². The van der Waals surface area contributed by atoms with E-state index in [1.165, 1.54) is 18.6 Å². The van der Waals surface area contributed by atoms with Crippen molar-refractivity contribution in [2.24, 2.45) is 11.3 Å². The molecular weight excluding hydrogens is 521 g/mol. The average molecular weight is 572 g/mol. The van der Waals surface area contributed by atoms with Crippen molar-refractivity contribution >= 4 is 17.7 Å². The first-order valence-electron chi connectivity index (χ1n) is 15.6. The molecule has 2 saturated heterocycles. The predicted molar refractivity (Wildman–Crippen MR) is 159 cm³/mol. The van der Waals surface area contributed by atoms with E-state index in [0.717, 1.165) is 37.7 Å². The molecule has 0 unspecified atom stereocenters. The molecule has 1 saturated carbocycles. The van der Waals surface area contributed by atoms with Gasteiger partial charge >= 0.3 is 0 Å². The molecule has 3 aliphatic rings. The van der Waals surface area contributed by atoms with Crippen LogP contribution in [-0.2, 0) is 20.8 Å². The van der Waals surface area contributed by atoms with Gasteiger partial charge in [-0.05, 0) is 76.5 Å². The van der Waals surface area contributed by atoms with Gasteiger partial charge in [-0.25, -0.2) is 4.39 Å². The molecule has 0 radical (unpaired) electrons. The van der Waals surface area contributed by atoms with Gasteiger partial charge in [-0.2, -0.15) is 0 Å². The van der Waals surface area contributed by atoms with Crippen molar-refractivity contribution in [1.82, 2.24) is 26.2 Å². The molecule has 1 aliphatic carbocycles. The molecule has 3 atom stereocenters. The summed E-state index contributed by atoms with van der Waals surface area (Å²) in [5, 5.41) is 13.0. The maximum absolute atomic E-state index is 14.0. The van der Waals surface area contributed by atoms with E-state index in [4.69, 9.17) is 0 Å². The van der Waals surface area contributed by atoms with Gasteiger partial charge in [0.05, 0.1) is 11.5 Å². The fourth-order valence-corrected chi connectivity index (χ4v) is 6.80. The summed E-state index contributed by atoms with van der Waals surface area (Å²) in [6, 6.07) is 5.20. The van der Waals surface area contributed by atoms with Crippen molar-refractivity contribution in [2.45, 2.75) is 109 Å². The van der Waals surface area contributed by atoms with E-state index >= 15 is 0 Å². The number of piperazine rings is 1. The Labute approximate surface area is 245 Å². The molecule has 8 nitrogen and oxygen atoms in total. The van der Waals surface area contributed by atoms with Crippen LogP contribution in [0.25, 0.3) is 0 Å². The molecule has 9 heteroatoms. The van der Waals surface area contributed by atoms with Gasteiger partial charge in [0, 0.05) is 44.2 Å². The van der Waals surface area contributed by atoms with Gasteiger partial charge in [0.1, 0.15) is 11.9 Å². The molecule has 3 fully saturated rings. The third kappa shape index (κ3) is 8.07. The second-order valence-electron chi connectivity index (χ2n) is 13.4. The monoisotopic (exact) mass is 571 g/mol. The van der Waals surface area contributed by atoms with E-state index in [0.29, 0.717) is 51.0 Å². The van der Waals surface area contributed by atoms with Gasteiger partial charge in [0.2, 0.25) is 17.7 Å². The lowest BCUT2D eigenvalue weighted by atomic mass is 9.63. The van der Waals surface area contributed by atoms with Crippen LogP contribution in [0.2, 0.25) is 0 Å². The summed E-state index contributed by atoms with van der Waals surface area (Å²) >= 11 is 0. The number of nitrogens with one attached hydrogen (secondary N) is 4. The number of likely N-dealkylation sites (tertiary alicyclic amines) is 1. The van der Waals surface area contributed by atoms with Crippen LogP contribution in [0.4, 0.5) is 4.39 Å². The Kier molecular flexibility index (Phi) is 10.4. The third-order valence-electron chi connectivity index (χ3n) is 9.29. The molecule has 41 heavy (non-hydrogen) atoms. The third-order valence-corrected chi connectivity index (χ3v) is 9.29. The molecule has 0 aromatic heterocycles. The van der Waals surface area contributed by atoms with Gasteiger partial charge in [-0.1, -0.05) is 38.3 Å². The average Bonchev–Trinajstić information content (AvgIpc) is 2.97. The number of rotatable bonds is 8. The molecule has 2 aliphatic heterocycles. The Morgan fingerprint density at radius 2 is 1.68 bits per heavy atom. The van der Waals surface area contributed by atoms with E-state index < -0.39 is 17.5 Å². The van der Waals surface area contributed by atoms with E-state index in [1.54, 1.807) is 12.1 Å². The smallest absolute Gasteiger partial charge is 0.245 e. The van der Waals surface area contributed by atoms with Crippen LogP contribution >= 0.6 is 0 Å².